The van der Waals surface area contributed by atoms with Gasteiger partial charge in [0.05, 0.1) is 53.6 Å². The lowest BCUT2D eigenvalue weighted by molar-refractivity contribution is -0.122. The molecule has 4 rings (SSSR count). The van der Waals surface area contributed by atoms with Crippen molar-refractivity contribution in [1.82, 2.24) is 30.2 Å². The maximum absolute atomic E-state index is 12.9. The summed E-state index contributed by atoms with van der Waals surface area (Å²) in [7, 11) is 1.53. The van der Waals surface area contributed by atoms with Crippen molar-refractivity contribution in [3.8, 4) is 17.1 Å². The number of hydrogen-bond donors (Lipinski definition) is 1. The summed E-state index contributed by atoms with van der Waals surface area (Å²) in [5.41, 5.74) is 2.54. The third-order valence-corrected chi connectivity index (χ3v) is 5.39. The van der Waals surface area contributed by atoms with Crippen LogP contribution in [-0.4, -0.2) is 50.3 Å². The second-order valence-electron chi connectivity index (χ2n) is 7.11. The lowest BCUT2D eigenvalue weighted by Gasteiger charge is -2.18. The van der Waals surface area contributed by atoms with E-state index >= 15 is 0 Å². The van der Waals surface area contributed by atoms with Gasteiger partial charge in [0.2, 0.25) is 17.1 Å². The molecule has 1 aliphatic heterocycles. The first-order valence-electron chi connectivity index (χ1n) is 9.62. The van der Waals surface area contributed by atoms with Crippen LogP contribution in [-0.2, 0) is 11.3 Å². The van der Waals surface area contributed by atoms with Gasteiger partial charge in [-0.05, 0) is 30.7 Å². The second-order valence-corrected chi connectivity index (χ2v) is 7.85. The summed E-state index contributed by atoms with van der Waals surface area (Å²) in [5.74, 6) is -0.150. The van der Waals surface area contributed by atoms with Crippen LogP contribution in [0.4, 0.5) is 0 Å². The van der Waals surface area contributed by atoms with Gasteiger partial charge in [-0.1, -0.05) is 17.7 Å². The van der Waals surface area contributed by atoms with Crippen LogP contribution in [0.3, 0.4) is 0 Å². The second kappa shape index (κ2) is 9.05. The van der Waals surface area contributed by atoms with E-state index in [2.05, 4.69) is 25.3 Å². The normalized spacial score (nSPS) is 13.6. The van der Waals surface area contributed by atoms with E-state index in [1.807, 2.05) is 6.92 Å². The minimum atomic E-state index is -0.355. The Labute approximate surface area is 193 Å². The van der Waals surface area contributed by atoms with Crippen LogP contribution in [0.25, 0.3) is 11.3 Å². The van der Waals surface area contributed by atoms with E-state index in [1.54, 1.807) is 30.5 Å². The van der Waals surface area contributed by atoms with Crippen LogP contribution in [0, 0.1) is 0 Å². The minimum Gasteiger partial charge on any atom is -0.481 e. The van der Waals surface area contributed by atoms with Crippen molar-refractivity contribution in [2.45, 2.75) is 19.5 Å². The number of amides is 2. The molecule has 11 heteroatoms. The lowest BCUT2D eigenvalue weighted by Crippen LogP contribution is -2.38. The van der Waals surface area contributed by atoms with Crippen LogP contribution in [0.5, 0.6) is 5.88 Å². The predicted octanol–water partition coefficient (Wildman–Crippen LogP) is 3.08. The van der Waals surface area contributed by atoms with E-state index in [0.717, 1.165) is 0 Å². The summed E-state index contributed by atoms with van der Waals surface area (Å²) >= 11 is 12.0. The fourth-order valence-electron chi connectivity index (χ4n) is 3.35. The molecule has 1 N–H and O–H groups in total. The fraction of sp³-hybridized carbons (Fsp3) is 0.238. The van der Waals surface area contributed by atoms with Crippen LogP contribution < -0.4 is 10.1 Å². The molecule has 0 saturated carbocycles. The van der Waals surface area contributed by atoms with Crippen LogP contribution in [0.2, 0.25) is 10.3 Å². The number of halogens is 2. The molecule has 0 aromatic carbocycles. The Hall–Kier alpha value is -3.30. The Morgan fingerprint density at radius 3 is 2.84 bits per heavy atom. The molecule has 1 atom stereocenters. The number of nitrogens with zero attached hydrogens (tertiary/aromatic N) is 5. The smallest absolute Gasteiger partial charge is 0.256 e. The quantitative estimate of drug-likeness (QED) is 0.548. The number of ether oxygens (including phenoxy) is 1. The molecule has 0 unspecified atom stereocenters. The average molecular weight is 473 g/mol. The van der Waals surface area contributed by atoms with Crippen LogP contribution in [0.15, 0.2) is 36.7 Å². The SMILES string of the molecule is COc1cccc([C@@H](C)NC(=O)CN2Cc3ncc(-c4nc(Cl)ncc4Cl)cc3C2=O)n1. The van der Waals surface area contributed by atoms with Crippen molar-refractivity contribution >= 4 is 35.0 Å². The largest absolute Gasteiger partial charge is 0.481 e. The molecule has 0 radical (unpaired) electrons. The summed E-state index contributed by atoms with van der Waals surface area (Å²) < 4.78 is 5.12. The third-order valence-electron chi connectivity index (χ3n) is 4.93. The number of carbonyl (C=O) groups excluding carboxylic acids is 2. The van der Waals surface area contributed by atoms with Crippen LogP contribution in [0.1, 0.15) is 34.7 Å². The molecule has 9 nitrogen and oxygen atoms in total. The molecule has 0 aliphatic carbocycles. The Kier molecular flexibility index (Phi) is 6.20. The van der Waals surface area contributed by atoms with Crippen molar-refractivity contribution in [2.24, 2.45) is 0 Å². The molecule has 4 heterocycles. The van der Waals surface area contributed by atoms with Gasteiger partial charge in [-0.25, -0.2) is 15.0 Å². The van der Waals surface area contributed by atoms with Gasteiger partial charge in [0, 0.05) is 17.8 Å². The molecule has 0 fully saturated rings. The summed E-state index contributed by atoms with van der Waals surface area (Å²) in [5, 5.41) is 3.18. The summed E-state index contributed by atoms with van der Waals surface area (Å²) in [4.78, 5) is 43.5. The highest BCUT2D eigenvalue weighted by atomic mass is 35.5. The van der Waals surface area contributed by atoms with Crippen molar-refractivity contribution < 1.29 is 14.3 Å². The number of nitrogens with one attached hydrogen (secondary N) is 1. The number of fused-ring (bicyclic) bond motifs is 1. The van der Waals surface area contributed by atoms with Gasteiger partial charge in [-0.15, -0.1) is 0 Å². The summed E-state index contributed by atoms with van der Waals surface area (Å²) in [6.45, 7) is 1.93. The zero-order chi connectivity index (χ0) is 22.8. The lowest BCUT2D eigenvalue weighted by atomic mass is 10.1. The molecule has 164 valence electrons. The predicted molar refractivity (Wildman–Crippen MR) is 117 cm³/mol. The van der Waals surface area contributed by atoms with Gasteiger partial charge in [0.1, 0.15) is 6.54 Å². The van der Waals surface area contributed by atoms with E-state index in [1.165, 1.54) is 18.2 Å². The van der Waals surface area contributed by atoms with E-state index in [-0.39, 0.29) is 41.3 Å². The fourth-order valence-corrected chi connectivity index (χ4v) is 3.69. The number of aromatic nitrogens is 4. The Bertz CT molecular complexity index is 1210. The first-order chi connectivity index (χ1) is 15.4. The van der Waals surface area contributed by atoms with Gasteiger partial charge < -0.3 is 15.0 Å². The molecule has 0 spiro atoms. The molecule has 0 bridgehead atoms. The molecule has 2 amide bonds. The van der Waals surface area contributed by atoms with Crippen molar-refractivity contribution in [3.05, 3.63) is 63.9 Å². The van der Waals surface area contributed by atoms with E-state index in [4.69, 9.17) is 27.9 Å². The number of carbonyl (C=O) groups is 2. The molecule has 0 saturated heterocycles. The zero-order valence-corrected chi connectivity index (χ0v) is 18.7. The number of methoxy groups -OCH3 is 1. The highest BCUT2D eigenvalue weighted by Gasteiger charge is 2.31. The number of rotatable bonds is 6. The van der Waals surface area contributed by atoms with E-state index in [9.17, 15) is 9.59 Å². The van der Waals surface area contributed by atoms with E-state index in [0.29, 0.717) is 34.1 Å². The van der Waals surface area contributed by atoms with Gasteiger partial charge in [-0.3, -0.25) is 14.6 Å². The first-order valence-corrected chi connectivity index (χ1v) is 10.4. The van der Waals surface area contributed by atoms with E-state index < -0.39 is 0 Å². The Balaban J connectivity index is 1.45. The molecule has 3 aromatic rings. The van der Waals surface area contributed by atoms with Gasteiger partial charge in [0.15, 0.2) is 0 Å². The Morgan fingerprint density at radius 1 is 1.25 bits per heavy atom. The molecule has 3 aromatic heterocycles. The first kappa shape index (κ1) is 21.9. The van der Waals surface area contributed by atoms with Gasteiger partial charge in [-0.2, -0.15) is 0 Å². The molecule has 1 aliphatic rings. The van der Waals surface area contributed by atoms with Crippen molar-refractivity contribution in [2.75, 3.05) is 13.7 Å². The topological polar surface area (TPSA) is 110 Å². The van der Waals surface area contributed by atoms with Gasteiger partial charge >= 0.3 is 0 Å². The minimum absolute atomic E-state index is 0.0363. The number of hydrogen-bond acceptors (Lipinski definition) is 7. The van der Waals surface area contributed by atoms with Gasteiger partial charge in [0.25, 0.3) is 5.91 Å². The highest BCUT2D eigenvalue weighted by Crippen LogP contribution is 2.30. The monoisotopic (exact) mass is 472 g/mol. The van der Waals surface area contributed by atoms with Crippen molar-refractivity contribution in [1.29, 1.82) is 0 Å². The summed E-state index contributed by atoms with van der Waals surface area (Å²) in [6, 6.07) is 6.61. The maximum atomic E-state index is 12.9. The Morgan fingerprint density at radius 2 is 2.06 bits per heavy atom. The maximum Gasteiger partial charge on any atom is 0.256 e. The molecular formula is C21H18Cl2N6O3. The summed E-state index contributed by atoms with van der Waals surface area (Å²) in [6.07, 6.45) is 2.95. The average Bonchev–Trinajstić information content (AvgIpc) is 3.09. The third kappa shape index (κ3) is 4.49. The number of pyridine rings is 2. The standard InChI is InChI=1S/C21H18Cl2N6O3/c1-11(15-4-3-5-18(27-15)32-2)26-17(30)10-29-9-16-13(20(29)31)6-12(7-24-16)19-14(22)8-25-21(23)28-19/h3-8,11H,9-10H2,1-2H3,(H,26,30)/t11-/m1/s1. The zero-order valence-electron chi connectivity index (χ0n) is 17.2. The molecular weight excluding hydrogens is 455 g/mol. The van der Waals surface area contributed by atoms with Crippen LogP contribution >= 0.6 is 23.2 Å². The molecule has 32 heavy (non-hydrogen) atoms. The van der Waals surface area contributed by atoms with Crippen molar-refractivity contribution in [3.63, 3.8) is 0 Å². The highest BCUT2D eigenvalue weighted by molar-refractivity contribution is 6.33.